The van der Waals surface area contributed by atoms with Gasteiger partial charge in [0.2, 0.25) is 0 Å². The summed E-state index contributed by atoms with van der Waals surface area (Å²) in [5.74, 6) is -0.166. The molecule has 3 aromatic rings. The highest BCUT2D eigenvalue weighted by Crippen LogP contribution is 2.37. The Morgan fingerprint density at radius 1 is 0.933 bits per heavy atom. The largest absolute Gasteiger partial charge is 0.476 e. The lowest BCUT2D eigenvalue weighted by atomic mass is 10.2. The fourth-order valence-corrected chi connectivity index (χ4v) is 4.78. The Morgan fingerprint density at radius 2 is 1.53 bits per heavy atom. The monoisotopic (exact) mass is 462 g/mol. The van der Waals surface area contributed by atoms with Gasteiger partial charge in [0.25, 0.3) is 15.9 Å². The van der Waals surface area contributed by atoms with Gasteiger partial charge in [0, 0.05) is 15.7 Å². The molecule has 0 bridgehead atoms. The molecule has 3 aromatic carbocycles. The van der Waals surface area contributed by atoms with Crippen molar-refractivity contribution in [2.75, 3.05) is 16.2 Å². The van der Waals surface area contributed by atoms with Crippen molar-refractivity contribution in [3.8, 4) is 5.75 Å². The molecule has 0 radical (unpaired) electrons. The van der Waals surface area contributed by atoms with E-state index in [1.807, 2.05) is 0 Å². The predicted octanol–water partition coefficient (Wildman–Crippen LogP) is 4.59. The Labute approximate surface area is 184 Å². The van der Waals surface area contributed by atoms with Gasteiger partial charge in [-0.25, -0.2) is 8.42 Å². The SMILES string of the molecule is O=C(Nc1ccc(Cl)cc1)[C@@H]1CN(S(=O)(=O)c2ccc(Cl)cc2)c2ccccc2O1. The van der Waals surface area contributed by atoms with Gasteiger partial charge in [-0.2, -0.15) is 0 Å². The quantitative estimate of drug-likeness (QED) is 0.614. The third-order valence-corrected chi connectivity index (χ3v) is 6.84. The van der Waals surface area contributed by atoms with E-state index in [9.17, 15) is 13.2 Å². The second kappa shape index (κ2) is 8.18. The molecule has 6 nitrogen and oxygen atoms in total. The van der Waals surface area contributed by atoms with Crippen LogP contribution < -0.4 is 14.4 Å². The van der Waals surface area contributed by atoms with Crippen LogP contribution in [0.25, 0.3) is 0 Å². The van der Waals surface area contributed by atoms with Crippen LogP contribution in [0.3, 0.4) is 0 Å². The highest BCUT2D eigenvalue weighted by Gasteiger charge is 2.37. The van der Waals surface area contributed by atoms with Crippen molar-refractivity contribution in [1.82, 2.24) is 0 Å². The van der Waals surface area contributed by atoms with Gasteiger partial charge in [0.15, 0.2) is 6.10 Å². The molecule has 4 rings (SSSR count). The number of anilines is 2. The molecule has 0 aromatic heterocycles. The lowest BCUT2D eigenvalue weighted by molar-refractivity contribution is -0.122. The minimum absolute atomic E-state index is 0.0699. The summed E-state index contributed by atoms with van der Waals surface area (Å²) in [5.41, 5.74) is 0.891. The average Bonchev–Trinajstić information content (AvgIpc) is 2.74. The molecule has 0 spiro atoms. The maximum atomic E-state index is 13.3. The molecule has 1 heterocycles. The number of carbonyl (C=O) groups is 1. The van der Waals surface area contributed by atoms with Gasteiger partial charge in [0.1, 0.15) is 5.75 Å². The van der Waals surface area contributed by atoms with E-state index >= 15 is 0 Å². The number of sulfonamides is 1. The van der Waals surface area contributed by atoms with Crippen LogP contribution in [0.5, 0.6) is 5.75 Å². The third kappa shape index (κ3) is 4.09. The molecular formula is C21H16Cl2N2O4S. The number of nitrogens with zero attached hydrogens (tertiary/aromatic N) is 1. The molecule has 154 valence electrons. The number of para-hydroxylation sites is 2. The number of ether oxygens (including phenoxy) is 1. The summed E-state index contributed by atoms with van der Waals surface area (Å²) in [6, 6.07) is 19.1. The Bertz CT molecular complexity index is 1180. The molecule has 9 heteroatoms. The van der Waals surface area contributed by atoms with Crippen LogP contribution >= 0.6 is 23.2 Å². The molecule has 1 atom stereocenters. The number of nitrogens with one attached hydrogen (secondary N) is 1. The van der Waals surface area contributed by atoms with Gasteiger partial charge in [-0.15, -0.1) is 0 Å². The van der Waals surface area contributed by atoms with Crippen molar-refractivity contribution in [3.05, 3.63) is 82.8 Å². The van der Waals surface area contributed by atoms with Crippen LogP contribution in [0, 0.1) is 0 Å². The first-order valence-corrected chi connectivity index (χ1v) is 11.1. The summed E-state index contributed by atoms with van der Waals surface area (Å²) < 4.78 is 33.6. The third-order valence-electron chi connectivity index (χ3n) is 4.54. The summed E-state index contributed by atoms with van der Waals surface area (Å²) in [6.45, 7) is -0.179. The van der Waals surface area contributed by atoms with Gasteiger partial charge in [-0.05, 0) is 60.7 Å². The fraction of sp³-hybridized carbons (Fsp3) is 0.0952. The number of hydrogen-bond acceptors (Lipinski definition) is 4. The van der Waals surface area contributed by atoms with Crippen molar-refractivity contribution in [2.24, 2.45) is 0 Å². The Morgan fingerprint density at radius 3 is 2.20 bits per heavy atom. The van der Waals surface area contributed by atoms with Crippen LogP contribution in [0.1, 0.15) is 0 Å². The highest BCUT2D eigenvalue weighted by molar-refractivity contribution is 7.92. The summed E-state index contributed by atoms with van der Waals surface area (Å²) in [7, 11) is -3.94. The van der Waals surface area contributed by atoms with E-state index in [4.69, 9.17) is 27.9 Å². The smallest absolute Gasteiger partial charge is 0.267 e. The second-order valence-corrected chi connectivity index (χ2v) is 9.30. The van der Waals surface area contributed by atoms with Gasteiger partial charge < -0.3 is 10.1 Å². The van der Waals surface area contributed by atoms with E-state index < -0.39 is 22.0 Å². The molecule has 30 heavy (non-hydrogen) atoms. The summed E-state index contributed by atoms with van der Waals surface area (Å²) in [5, 5.41) is 3.69. The highest BCUT2D eigenvalue weighted by atomic mass is 35.5. The average molecular weight is 463 g/mol. The molecule has 1 aliphatic rings. The predicted molar refractivity (Wildman–Crippen MR) is 117 cm³/mol. The maximum Gasteiger partial charge on any atom is 0.267 e. The van der Waals surface area contributed by atoms with Crippen LogP contribution in [0.4, 0.5) is 11.4 Å². The molecule has 0 saturated carbocycles. The van der Waals surface area contributed by atoms with E-state index in [0.717, 1.165) is 0 Å². The lowest BCUT2D eigenvalue weighted by Crippen LogP contribution is -2.48. The molecule has 0 unspecified atom stereocenters. The minimum atomic E-state index is -3.94. The zero-order valence-electron chi connectivity index (χ0n) is 15.5. The van der Waals surface area contributed by atoms with Crippen molar-refractivity contribution in [1.29, 1.82) is 0 Å². The van der Waals surface area contributed by atoms with Crippen LogP contribution in [-0.2, 0) is 14.8 Å². The van der Waals surface area contributed by atoms with Crippen molar-refractivity contribution >= 4 is 50.5 Å². The normalized spacial score (nSPS) is 15.8. The van der Waals surface area contributed by atoms with E-state index in [-0.39, 0.29) is 11.4 Å². The standard InChI is InChI=1S/C21H16Cl2N2O4S/c22-14-5-9-16(10-6-14)24-21(26)20-13-25(18-3-1-2-4-19(18)29-20)30(27,28)17-11-7-15(23)8-12-17/h1-12,20H,13H2,(H,24,26)/t20-/m0/s1. The molecule has 1 aliphatic heterocycles. The van der Waals surface area contributed by atoms with Crippen molar-refractivity contribution in [2.45, 2.75) is 11.0 Å². The van der Waals surface area contributed by atoms with Gasteiger partial charge >= 0.3 is 0 Å². The van der Waals surface area contributed by atoms with E-state index in [2.05, 4.69) is 5.32 Å². The van der Waals surface area contributed by atoms with Gasteiger partial charge in [-0.1, -0.05) is 35.3 Å². The number of fused-ring (bicyclic) bond motifs is 1. The Kier molecular flexibility index (Phi) is 5.60. The number of rotatable bonds is 4. The Balaban J connectivity index is 1.66. The number of hydrogen-bond donors (Lipinski definition) is 1. The molecule has 0 aliphatic carbocycles. The van der Waals surface area contributed by atoms with Crippen LogP contribution in [0.15, 0.2) is 77.7 Å². The molecule has 0 saturated heterocycles. The summed E-state index contributed by atoms with van der Waals surface area (Å²) in [4.78, 5) is 12.9. The first-order chi connectivity index (χ1) is 14.3. The Hall–Kier alpha value is -2.74. The number of amides is 1. The first-order valence-electron chi connectivity index (χ1n) is 8.95. The first kappa shape index (κ1) is 20.5. The van der Waals surface area contributed by atoms with Gasteiger partial charge in [0.05, 0.1) is 17.1 Å². The van der Waals surface area contributed by atoms with Crippen LogP contribution in [-0.4, -0.2) is 27.0 Å². The van der Waals surface area contributed by atoms with Gasteiger partial charge in [-0.3, -0.25) is 9.10 Å². The molecule has 1 N–H and O–H groups in total. The van der Waals surface area contributed by atoms with Crippen molar-refractivity contribution < 1.29 is 17.9 Å². The van der Waals surface area contributed by atoms with E-state index in [0.29, 0.717) is 27.2 Å². The fourth-order valence-electron chi connectivity index (χ4n) is 3.06. The molecular weight excluding hydrogens is 447 g/mol. The lowest BCUT2D eigenvalue weighted by Gasteiger charge is -2.34. The molecule has 1 amide bonds. The maximum absolute atomic E-state index is 13.3. The summed E-state index contributed by atoms with van der Waals surface area (Å²) in [6.07, 6.45) is -1.04. The zero-order valence-corrected chi connectivity index (χ0v) is 17.8. The molecule has 0 fully saturated rings. The van der Waals surface area contributed by atoms with E-state index in [1.165, 1.54) is 28.6 Å². The number of carbonyl (C=O) groups excluding carboxylic acids is 1. The summed E-state index contributed by atoms with van der Waals surface area (Å²) >= 11 is 11.8. The number of benzene rings is 3. The number of halogens is 2. The van der Waals surface area contributed by atoms with Crippen LogP contribution in [0.2, 0.25) is 10.0 Å². The van der Waals surface area contributed by atoms with E-state index in [1.54, 1.807) is 48.5 Å². The second-order valence-electron chi connectivity index (χ2n) is 6.56. The zero-order chi connectivity index (χ0) is 21.3. The topological polar surface area (TPSA) is 75.7 Å². The van der Waals surface area contributed by atoms with Crippen molar-refractivity contribution in [3.63, 3.8) is 0 Å². The minimum Gasteiger partial charge on any atom is -0.476 e.